The highest BCUT2D eigenvalue weighted by molar-refractivity contribution is 7.98. The maximum absolute atomic E-state index is 2.47. The van der Waals surface area contributed by atoms with Gasteiger partial charge in [-0.25, -0.2) is 0 Å². The van der Waals surface area contributed by atoms with E-state index >= 15 is 0 Å². The number of hydrogen-bond donors (Lipinski definition) is 0. The third-order valence-electron chi connectivity index (χ3n) is 4.92. The predicted molar refractivity (Wildman–Crippen MR) is 82.5 cm³/mol. The zero-order chi connectivity index (χ0) is 13.3. The maximum Gasteiger partial charge on any atom is 0.00722 e. The Kier molecular flexibility index (Phi) is 4.11. The third-order valence-corrected chi connectivity index (χ3v) is 5.64. The molecule has 0 saturated heterocycles. The summed E-state index contributed by atoms with van der Waals surface area (Å²) < 4.78 is 0. The molecular weight excluding hydrogens is 236 g/mol. The van der Waals surface area contributed by atoms with Crippen LogP contribution in [0.3, 0.4) is 0 Å². The predicted octanol–water partition coefficient (Wildman–Crippen LogP) is 5.29. The second-order valence-electron chi connectivity index (χ2n) is 6.23. The molecule has 0 N–H and O–H groups in total. The van der Waals surface area contributed by atoms with Gasteiger partial charge in [0.25, 0.3) is 0 Å². The molecular formula is C17H26S. The molecule has 18 heavy (non-hydrogen) atoms. The minimum absolute atomic E-state index is 0.388. The molecule has 0 aliphatic heterocycles. The number of fused-ring (bicyclic) bond motifs is 1. The van der Waals surface area contributed by atoms with Crippen LogP contribution in [0, 0.1) is 11.8 Å². The van der Waals surface area contributed by atoms with Crippen LogP contribution in [-0.4, -0.2) is 6.26 Å². The second-order valence-corrected chi connectivity index (χ2v) is 7.11. The van der Waals surface area contributed by atoms with Gasteiger partial charge >= 0.3 is 0 Å². The van der Waals surface area contributed by atoms with E-state index in [0.717, 1.165) is 0 Å². The molecule has 1 aliphatic rings. The monoisotopic (exact) mass is 262 g/mol. The molecule has 1 heteroatoms. The van der Waals surface area contributed by atoms with Gasteiger partial charge in [0.15, 0.2) is 0 Å². The average molecular weight is 262 g/mol. The summed E-state index contributed by atoms with van der Waals surface area (Å²) in [5, 5.41) is 0. The van der Waals surface area contributed by atoms with E-state index in [1.54, 1.807) is 11.1 Å². The molecule has 2 rings (SSSR count). The summed E-state index contributed by atoms with van der Waals surface area (Å²) in [7, 11) is 0. The average Bonchev–Trinajstić information content (AvgIpc) is 2.36. The fourth-order valence-corrected chi connectivity index (χ4v) is 4.35. The number of benzene rings is 1. The molecule has 0 radical (unpaired) electrons. The SMILES string of the molecule is CSc1ccc2c(c1)C(C(C)C)(C(C)C)CCC2. The quantitative estimate of drug-likeness (QED) is 0.667. The first-order valence-electron chi connectivity index (χ1n) is 7.19. The normalized spacial score (nSPS) is 18.2. The summed E-state index contributed by atoms with van der Waals surface area (Å²) in [6, 6.07) is 7.14. The van der Waals surface area contributed by atoms with Gasteiger partial charge in [-0.2, -0.15) is 0 Å². The Bertz CT molecular complexity index is 410. The smallest absolute Gasteiger partial charge is 0.00722 e. The summed E-state index contributed by atoms with van der Waals surface area (Å²) >= 11 is 1.87. The van der Waals surface area contributed by atoms with Gasteiger partial charge < -0.3 is 0 Å². The summed E-state index contributed by atoms with van der Waals surface area (Å²) in [5.74, 6) is 1.43. The second kappa shape index (κ2) is 5.28. The standard InChI is InChI=1S/C17H26S/c1-12(2)17(13(3)4)10-6-7-14-8-9-15(18-5)11-16(14)17/h8-9,11-13H,6-7,10H2,1-5H3. The summed E-state index contributed by atoms with van der Waals surface area (Å²) in [4.78, 5) is 1.42. The lowest BCUT2D eigenvalue weighted by molar-refractivity contribution is 0.185. The van der Waals surface area contributed by atoms with Gasteiger partial charge in [0, 0.05) is 10.3 Å². The summed E-state index contributed by atoms with van der Waals surface area (Å²) in [5.41, 5.74) is 3.63. The van der Waals surface area contributed by atoms with Crippen LogP contribution in [0.1, 0.15) is 51.7 Å². The van der Waals surface area contributed by atoms with Gasteiger partial charge in [-0.05, 0) is 60.6 Å². The molecule has 0 unspecified atom stereocenters. The molecule has 100 valence electrons. The van der Waals surface area contributed by atoms with Crippen LogP contribution in [0.5, 0.6) is 0 Å². The van der Waals surface area contributed by atoms with Gasteiger partial charge in [-0.15, -0.1) is 11.8 Å². The zero-order valence-electron chi connectivity index (χ0n) is 12.4. The number of aryl methyl sites for hydroxylation is 1. The van der Waals surface area contributed by atoms with Crippen LogP contribution in [0.2, 0.25) is 0 Å². The molecule has 0 fully saturated rings. The first-order chi connectivity index (χ1) is 8.52. The van der Waals surface area contributed by atoms with Gasteiger partial charge in [-0.3, -0.25) is 0 Å². The Hall–Kier alpha value is -0.430. The molecule has 0 aromatic heterocycles. The lowest BCUT2D eigenvalue weighted by Crippen LogP contribution is -2.41. The van der Waals surface area contributed by atoms with Crippen LogP contribution in [0.15, 0.2) is 23.1 Å². The van der Waals surface area contributed by atoms with Crippen LogP contribution >= 0.6 is 11.8 Å². The Morgan fingerprint density at radius 3 is 2.33 bits per heavy atom. The Morgan fingerprint density at radius 1 is 1.11 bits per heavy atom. The van der Waals surface area contributed by atoms with E-state index in [4.69, 9.17) is 0 Å². The molecule has 1 aromatic rings. The van der Waals surface area contributed by atoms with Crippen molar-refractivity contribution in [2.24, 2.45) is 11.8 Å². The zero-order valence-corrected chi connectivity index (χ0v) is 13.2. The molecule has 0 saturated carbocycles. The Balaban J connectivity index is 2.60. The van der Waals surface area contributed by atoms with E-state index in [1.165, 1.54) is 24.2 Å². The molecule has 0 nitrogen and oxygen atoms in total. The van der Waals surface area contributed by atoms with Crippen molar-refractivity contribution >= 4 is 11.8 Å². The third kappa shape index (κ3) is 2.11. The van der Waals surface area contributed by atoms with Crippen molar-refractivity contribution in [2.75, 3.05) is 6.26 Å². The fourth-order valence-electron chi connectivity index (χ4n) is 3.91. The van der Waals surface area contributed by atoms with Crippen molar-refractivity contribution in [1.82, 2.24) is 0 Å². The van der Waals surface area contributed by atoms with E-state index in [9.17, 15) is 0 Å². The van der Waals surface area contributed by atoms with Crippen molar-refractivity contribution < 1.29 is 0 Å². The minimum Gasteiger partial charge on any atom is -0.130 e. The lowest BCUT2D eigenvalue weighted by atomic mass is 9.58. The van der Waals surface area contributed by atoms with Crippen molar-refractivity contribution in [3.05, 3.63) is 29.3 Å². The van der Waals surface area contributed by atoms with Gasteiger partial charge in [0.2, 0.25) is 0 Å². The van der Waals surface area contributed by atoms with Crippen LogP contribution in [0.25, 0.3) is 0 Å². The maximum atomic E-state index is 2.47. The highest BCUT2D eigenvalue weighted by atomic mass is 32.2. The highest BCUT2D eigenvalue weighted by Crippen LogP contribution is 2.48. The van der Waals surface area contributed by atoms with E-state index < -0.39 is 0 Å². The largest absolute Gasteiger partial charge is 0.130 e. The van der Waals surface area contributed by atoms with Crippen LogP contribution < -0.4 is 0 Å². The van der Waals surface area contributed by atoms with E-state index in [1.807, 2.05) is 11.8 Å². The van der Waals surface area contributed by atoms with E-state index in [2.05, 4.69) is 52.1 Å². The highest BCUT2D eigenvalue weighted by Gasteiger charge is 2.41. The Morgan fingerprint density at radius 2 is 1.78 bits per heavy atom. The van der Waals surface area contributed by atoms with Crippen molar-refractivity contribution in [2.45, 2.75) is 57.3 Å². The Labute approximate surface area is 117 Å². The molecule has 0 heterocycles. The molecule has 0 amide bonds. The van der Waals surface area contributed by atoms with Gasteiger partial charge in [-0.1, -0.05) is 33.8 Å². The molecule has 1 aliphatic carbocycles. The first kappa shape index (κ1) is 14.0. The van der Waals surface area contributed by atoms with Crippen molar-refractivity contribution in [3.63, 3.8) is 0 Å². The lowest BCUT2D eigenvalue weighted by Gasteiger charge is -2.46. The number of rotatable bonds is 3. The topological polar surface area (TPSA) is 0 Å². The molecule has 0 spiro atoms. The van der Waals surface area contributed by atoms with Crippen LogP contribution in [0.4, 0.5) is 0 Å². The molecule has 0 atom stereocenters. The van der Waals surface area contributed by atoms with Crippen LogP contribution in [-0.2, 0) is 11.8 Å². The number of thioether (sulfide) groups is 1. The first-order valence-corrected chi connectivity index (χ1v) is 8.42. The minimum atomic E-state index is 0.388. The molecule has 1 aromatic carbocycles. The van der Waals surface area contributed by atoms with Crippen molar-refractivity contribution in [1.29, 1.82) is 0 Å². The molecule has 0 bridgehead atoms. The van der Waals surface area contributed by atoms with Gasteiger partial charge in [0.1, 0.15) is 0 Å². The van der Waals surface area contributed by atoms with E-state index in [0.29, 0.717) is 17.3 Å². The summed E-state index contributed by atoms with van der Waals surface area (Å²) in [6.07, 6.45) is 6.15. The number of hydrogen-bond acceptors (Lipinski definition) is 1. The van der Waals surface area contributed by atoms with Crippen molar-refractivity contribution in [3.8, 4) is 0 Å². The summed E-state index contributed by atoms with van der Waals surface area (Å²) in [6.45, 7) is 9.61. The van der Waals surface area contributed by atoms with E-state index in [-0.39, 0.29) is 0 Å². The van der Waals surface area contributed by atoms with Gasteiger partial charge in [0.05, 0.1) is 0 Å². The fraction of sp³-hybridized carbons (Fsp3) is 0.647.